The third kappa shape index (κ3) is 1.72. The van der Waals surface area contributed by atoms with Gasteiger partial charge in [0, 0.05) is 24.9 Å². The van der Waals surface area contributed by atoms with Crippen LogP contribution in [0, 0.1) is 11.3 Å². The Labute approximate surface area is 176 Å². The molecule has 2 saturated carbocycles. The first kappa shape index (κ1) is 18.5. The van der Waals surface area contributed by atoms with Crippen molar-refractivity contribution in [3.8, 4) is 11.5 Å². The summed E-state index contributed by atoms with van der Waals surface area (Å²) in [6.07, 6.45) is 4.32. The fraction of sp³-hybridized carbons (Fsp3) is 0.652. The minimum absolute atomic E-state index is 0.0592. The van der Waals surface area contributed by atoms with E-state index in [2.05, 4.69) is 10.2 Å². The van der Waals surface area contributed by atoms with Gasteiger partial charge in [0.15, 0.2) is 11.5 Å². The van der Waals surface area contributed by atoms with Crippen LogP contribution in [0.5, 0.6) is 11.5 Å². The van der Waals surface area contributed by atoms with Gasteiger partial charge < -0.3 is 19.5 Å². The van der Waals surface area contributed by atoms with E-state index in [1.807, 2.05) is 12.1 Å². The molecule has 30 heavy (non-hydrogen) atoms. The maximum absolute atomic E-state index is 13.6. The van der Waals surface area contributed by atoms with E-state index >= 15 is 0 Å². The number of ketones is 1. The lowest BCUT2D eigenvalue weighted by Crippen LogP contribution is -2.75. The second kappa shape index (κ2) is 5.69. The van der Waals surface area contributed by atoms with Crippen molar-refractivity contribution in [3.63, 3.8) is 0 Å². The number of fused-ring (bicyclic) bond motifs is 1. The van der Waals surface area contributed by atoms with Crippen molar-refractivity contribution in [3.05, 3.63) is 17.7 Å². The van der Waals surface area contributed by atoms with Gasteiger partial charge in [0.1, 0.15) is 11.3 Å². The Kier molecular flexibility index (Phi) is 3.51. The summed E-state index contributed by atoms with van der Waals surface area (Å²) in [6.45, 7) is 1.71. The second-order valence-corrected chi connectivity index (χ2v) is 9.67. The molecule has 3 aliphatic heterocycles. The molecule has 2 aliphatic carbocycles. The molecule has 4 bridgehead atoms. The molecule has 1 aromatic rings. The standard InChI is InChI=1S/C23H28N2O5/c1-28-16-6-5-13-17(18(16)29-2)24-22(20(27)30-3)9-8-21-7-4-10-25-12-14(15(26)11-21)23(13,22)19(21)25/h5-6,14,19,24H,4,7-12H2,1-3H3/t14?,19-,21?,22+,23-/m0/s1. The van der Waals surface area contributed by atoms with Gasteiger partial charge in [-0.25, -0.2) is 4.79 Å². The van der Waals surface area contributed by atoms with Gasteiger partial charge in [0.05, 0.1) is 32.4 Å². The van der Waals surface area contributed by atoms with E-state index < -0.39 is 11.0 Å². The van der Waals surface area contributed by atoms with Crippen LogP contribution < -0.4 is 14.8 Å². The second-order valence-electron chi connectivity index (χ2n) is 9.67. The molecule has 5 aliphatic rings. The van der Waals surface area contributed by atoms with Crippen molar-refractivity contribution in [2.24, 2.45) is 11.3 Å². The zero-order valence-corrected chi connectivity index (χ0v) is 17.7. The molecule has 0 amide bonds. The van der Waals surface area contributed by atoms with Crippen LogP contribution in [0.1, 0.15) is 37.7 Å². The summed E-state index contributed by atoms with van der Waals surface area (Å²) in [4.78, 5) is 29.7. The number of hydrogen-bond acceptors (Lipinski definition) is 7. The third-order valence-electron chi connectivity index (χ3n) is 8.95. The first-order chi connectivity index (χ1) is 14.5. The predicted molar refractivity (Wildman–Crippen MR) is 109 cm³/mol. The van der Waals surface area contributed by atoms with Crippen LogP contribution in [0.25, 0.3) is 0 Å². The molecule has 1 spiro atoms. The summed E-state index contributed by atoms with van der Waals surface area (Å²) < 4.78 is 16.7. The number of nitrogens with zero attached hydrogens (tertiary/aromatic N) is 1. The highest BCUT2D eigenvalue weighted by molar-refractivity contribution is 5.99. The van der Waals surface area contributed by atoms with Crippen LogP contribution in [-0.2, 0) is 19.7 Å². The number of ether oxygens (including phenoxy) is 3. The van der Waals surface area contributed by atoms with E-state index in [-0.39, 0.29) is 23.3 Å². The van der Waals surface area contributed by atoms with Crippen molar-refractivity contribution in [2.45, 2.75) is 49.1 Å². The average molecular weight is 412 g/mol. The van der Waals surface area contributed by atoms with Crippen LogP contribution in [-0.4, -0.2) is 62.7 Å². The van der Waals surface area contributed by atoms with Gasteiger partial charge in [-0.15, -0.1) is 0 Å². The van der Waals surface area contributed by atoms with E-state index in [0.717, 1.165) is 43.6 Å². The summed E-state index contributed by atoms with van der Waals surface area (Å²) in [5, 5.41) is 3.59. The van der Waals surface area contributed by atoms with Crippen molar-refractivity contribution in [1.82, 2.24) is 4.90 Å². The smallest absolute Gasteiger partial charge is 0.332 e. The highest BCUT2D eigenvalue weighted by Crippen LogP contribution is 2.73. The highest BCUT2D eigenvalue weighted by atomic mass is 16.5. The molecule has 2 unspecified atom stereocenters. The van der Waals surface area contributed by atoms with E-state index in [1.165, 1.54) is 7.11 Å². The summed E-state index contributed by atoms with van der Waals surface area (Å²) in [5.41, 5.74) is 0.136. The van der Waals surface area contributed by atoms with Crippen LogP contribution in [0.3, 0.4) is 0 Å². The first-order valence-corrected chi connectivity index (χ1v) is 10.9. The monoisotopic (exact) mass is 412 g/mol. The Balaban J connectivity index is 1.71. The van der Waals surface area contributed by atoms with Gasteiger partial charge in [-0.05, 0) is 49.3 Å². The Morgan fingerprint density at radius 1 is 1.17 bits per heavy atom. The number of hydrogen-bond donors (Lipinski definition) is 1. The number of benzene rings is 1. The topological polar surface area (TPSA) is 77.1 Å². The van der Waals surface area contributed by atoms with Crippen LogP contribution >= 0.6 is 0 Å². The lowest BCUT2D eigenvalue weighted by atomic mass is 9.41. The van der Waals surface area contributed by atoms with Crippen LogP contribution in [0.2, 0.25) is 0 Å². The molecule has 1 N–H and O–H groups in total. The molecular weight excluding hydrogens is 384 g/mol. The lowest BCUT2D eigenvalue weighted by Gasteiger charge is -2.63. The van der Waals surface area contributed by atoms with E-state index in [1.54, 1.807) is 14.2 Å². The minimum atomic E-state index is -0.968. The molecule has 3 heterocycles. The van der Waals surface area contributed by atoms with Crippen LogP contribution in [0.4, 0.5) is 5.69 Å². The van der Waals surface area contributed by atoms with E-state index in [9.17, 15) is 9.59 Å². The Morgan fingerprint density at radius 2 is 2.00 bits per heavy atom. The number of anilines is 1. The van der Waals surface area contributed by atoms with Crippen molar-refractivity contribution in [1.29, 1.82) is 0 Å². The normalized spacial score (nSPS) is 40.3. The number of esters is 1. The summed E-state index contributed by atoms with van der Waals surface area (Å²) in [6, 6.07) is 4.11. The van der Waals surface area contributed by atoms with Gasteiger partial charge in [-0.3, -0.25) is 9.69 Å². The fourth-order valence-corrected chi connectivity index (χ4v) is 8.20. The molecule has 7 heteroatoms. The molecule has 1 aromatic carbocycles. The molecule has 0 aromatic heterocycles. The Bertz CT molecular complexity index is 979. The highest BCUT2D eigenvalue weighted by Gasteiger charge is 2.82. The summed E-state index contributed by atoms with van der Waals surface area (Å²) in [5.74, 6) is 1.01. The Hall–Kier alpha value is -2.28. The maximum Gasteiger partial charge on any atom is 0.332 e. The largest absolute Gasteiger partial charge is 0.493 e. The number of piperidine rings is 1. The molecule has 2 saturated heterocycles. The summed E-state index contributed by atoms with van der Waals surface area (Å²) in [7, 11) is 4.68. The third-order valence-corrected chi connectivity index (χ3v) is 8.95. The number of methoxy groups -OCH3 is 3. The molecule has 7 nitrogen and oxygen atoms in total. The maximum atomic E-state index is 13.6. The quantitative estimate of drug-likeness (QED) is 0.762. The number of carbonyl (C=O) groups is 2. The van der Waals surface area contributed by atoms with Gasteiger partial charge in [-0.1, -0.05) is 6.07 Å². The van der Waals surface area contributed by atoms with Gasteiger partial charge in [0.25, 0.3) is 0 Å². The average Bonchev–Trinajstić information content (AvgIpc) is 3.25. The minimum Gasteiger partial charge on any atom is -0.493 e. The van der Waals surface area contributed by atoms with Crippen LogP contribution in [0.15, 0.2) is 12.1 Å². The Morgan fingerprint density at radius 3 is 2.73 bits per heavy atom. The molecular formula is C23H28N2O5. The van der Waals surface area contributed by atoms with E-state index in [4.69, 9.17) is 14.2 Å². The SMILES string of the molecule is COC(=O)[C@]12CCC34CCCN5CC(C(=O)C3)[C@@]1(c1ccc(OC)c(OC)c1N2)[C@@H]54. The predicted octanol–water partition coefficient (Wildman–Crippen LogP) is 2.13. The van der Waals surface area contributed by atoms with E-state index in [0.29, 0.717) is 30.1 Å². The lowest BCUT2D eigenvalue weighted by molar-refractivity contribution is -0.163. The van der Waals surface area contributed by atoms with Crippen molar-refractivity contribution in [2.75, 3.05) is 39.7 Å². The molecule has 4 fully saturated rings. The van der Waals surface area contributed by atoms with Crippen molar-refractivity contribution < 1.29 is 23.8 Å². The number of Topliss-reactive ketones (excluding diaryl/α,β-unsaturated/α-hetero) is 1. The number of nitrogens with one attached hydrogen (secondary N) is 1. The fourth-order valence-electron chi connectivity index (χ4n) is 8.20. The number of carbonyl (C=O) groups excluding carboxylic acids is 2. The zero-order chi connectivity index (χ0) is 20.9. The first-order valence-electron chi connectivity index (χ1n) is 10.9. The van der Waals surface area contributed by atoms with Gasteiger partial charge >= 0.3 is 5.97 Å². The van der Waals surface area contributed by atoms with Crippen molar-refractivity contribution >= 4 is 17.4 Å². The zero-order valence-electron chi connectivity index (χ0n) is 17.7. The van der Waals surface area contributed by atoms with Gasteiger partial charge in [0.2, 0.25) is 0 Å². The molecule has 160 valence electrons. The molecule has 0 radical (unpaired) electrons. The molecule has 5 atom stereocenters. The molecule has 6 rings (SSSR count). The summed E-state index contributed by atoms with van der Waals surface area (Å²) >= 11 is 0. The van der Waals surface area contributed by atoms with Gasteiger partial charge in [-0.2, -0.15) is 0 Å². The number of rotatable bonds is 3.